The van der Waals surface area contributed by atoms with Gasteiger partial charge in [-0.1, -0.05) is 17.7 Å². The van der Waals surface area contributed by atoms with Crippen LogP contribution in [0.2, 0.25) is 5.02 Å². The smallest absolute Gasteiger partial charge is 0.374 e. The average Bonchev–Trinajstić information content (AvgIpc) is 2.48. The van der Waals surface area contributed by atoms with Crippen LogP contribution in [0.25, 0.3) is 0 Å². The Bertz CT molecular complexity index is 564. The molecule has 112 valence electrons. The lowest BCUT2D eigenvalue weighted by atomic mass is 10.1. The molecule has 1 aromatic carbocycles. The largest absolute Gasteiger partial charge is 0.460 e. The lowest BCUT2D eigenvalue weighted by Gasteiger charge is -2.04. The number of rotatable bonds is 7. The van der Waals surface area contributed by atoms with Crippen molar-refractivity contribution in [3.05, 3.63) is 45.8 Å². The molecule has 0 saturated heterocycles. The highest BCUT2D eigenvalue weighted by Crippen LogP contribution is 2.20. The number of thioether (sulfide) groups is 1. The van der Waals surface area contributed by atoms with Crippen molar-refractivity contribution in [1.29, 1.82) is 0 Å². The van der Waals surface area contributed by atoms with Crippen molar-refractivity contribution in [3.8, 4) is 0 Å². The molecule has 0 aliphatic carbocycles. The van der Waals surface area contributed by atoms with E-state index in [0.29, 0.717) is 15.5 Å². The van der Waals surface area contributed by atoms with Gasteiger partial charge in [-0.2, -0.15) is 0 Å². The molecule has 0 N–H and O–H groups in total. The molecule has 1 aromatic rings. The molecule has 0 atom stereocenters. The highest BCUT2D eigenvalue weighted by Gasteiger charge is 2.16. The standard InChI is InChI=1S/C15H15ClO4S/c1-3-20-15(19)12(17)8-9-13(21-2)14(18)10-4-6-11(16)7-5-10/h4-7,9H,3,8H2,1-2H3. The third kappa shape index (κ3) is 5.36. The van der Waals surface area contributed by atoms with Gasteiger partial charge in [0.2, 0.25) is 5.78 Å². The van der Waals surface area contributed by atoms with E-state index in [2.05, 4.69) is 4.74 Å². The van der Waals surface area contributed by atoms with Gasteiger partial charge in [-0.25, -0.2) is 4.79 Å². The molecule has 0 aliphatic rings. The number of benzene rings is 1. The van der Waals surface area contributed by atoms with Crippen LogP contribution in [0.15, 0.2) is 35.2 Å². The Morgan fingerprint density at radius 1 is 1.24 bits per heavy atom. The topological polar surface area (TPSA) is 60.4 Å². The lowest BCUT2D eigenvalue weighted by Crippen LogP contribution is -2.16. The fraction of sp³-hybridized carbons (Fsp3) is 0.267. The van der Waals surface area contributed by atoms with Gasteiger partial charge < -0.3 is 4.74 Å². The third-order valence-corrected chi connectivity index (χ3v) is 3.57. The summed E-state index contributed by atoms with van der Waals surface area (Å²) >= 11 is 6.99. The average molecular weight is 327 g/mol. The Morgan fingerprint density at radius 3 is 2.38 bits per heavy atom. The summed E-state index contributed by atoms with van der Waals surface area (Å²) in [5.41, 5.74) is 0.476. The Hall–Kier alpha value is -1.59. The van der Waals surface area contributed by atoms with Crippen LogP contribution in [-0.4, -0.2) is 30.4 Å². The minimum Gasteiger partial charge on any atom is -0.460 e. The first-order valence-electron chi connectivity index (χ1n) is 6.24. The van der Waals surface area contributed by atoms with Gasteiger partial charge in [0.25, 0.3) is 0 Å². The van der Waals surface area contributed by atoms with Crippen LogP contribution in [0.5, 0.6) is 0 Å². The van der Waals surface area contributed by atoms with Gasteiger partial charge in [0, 0.05) is 17.0 Å². The van der Waals surface area contributed by atoms with E-state index in [4.69, 9.17) is 11.6 Å². The van der Waals surface area contributed by atoms with Crippen molar-refractivity contribution in [1.82, 2.24) is 0 Å². The summed E-state index contributed by atoms with van der Waals surface area (Å²) in [7, 11) is 0. The number of ketones is 2. The van der Waals surface area contributed by atoms with E-state index in [1.807, 2.05) is 0 Å². The Kier molecular flexibility index (Phi) is 7.19. The lowest BCUT2D eigenvalue weighted by molar-refractivity contribution is -0.153. The summed E-state index contributed by atoms with van der Waals surface area (Å²) in [4.78, 5) is 35.3. The van der Waals surface area contributed by atoms with Crippen molar-refractivity contribution in [2.24, 2.45) is 0 Å². The number of carbonyl (C=O) groups excluding carboxylic acids is 3. The SMILES string of the molecule is CCOC(=O)C(=O)CC=C(SC)C(=O)c1ccc(Cl)cc1. The van der Waals surface area contributed by atoms with Crippen LogP contribution in [-0.2, 0) is 14.3 Å². The van der Waals surface area contributed by atoms with Crippen molar-refractivity contribution < 1.29 is 19.1 Å². The molecule has 0 saturated carbocycles. The highest BCUT2D eigenvalue weighted by atomic mass is 35.5. The van der Waals surface area contributed by atoms with E-state index in [1.54, 1.807) is 37.4 Å². The first-order chi connectivity index (χ1) is 9.99. The molecule has 0 heterocycles. The van der Waals surface area contributed by atoms with Crippen LogP contribution in [0.1, 0.15) is 23.7 Å². The second-order valence-corrected chi connectivity index (χ2v) is 5.24. The minimum atomic E-state index is -0.881. The van der Waals surface area contributed by atoms with Crippen LogP contribution in [0, 0.1) is 0 Å². The summed E-state index contributed by atoms with van der Waals surface area (Å²) in [6.45, 7) is 1.77. The van der Waals surface area contributed by atoms with E-state index in [-0.39, 0.29) is 18.8 Å². The molecule has 0 amide bonds. The molecule has 0 fully saturated rings. The van der Waals surface area contributed by atoms with Crippen molar-refractivity contribution in [2.75, 3.05) is 12.9 Å². The second-order valence-electron chi connectivity index (χ2n) is 3.96. The number of hydrogen-bond donors (Lipinski definition) is 0. The first kappa shape index (κ1) is 17.5. The molecule has 0 unspecified atom stereocenters. The number of allylic oxidation sites excluding steroid dienone is 2. The summed E-state index contributed by atoms with van der Waals surface area (Å²) in [6.07, 6.45) is 3.02. The highest BCUT2D eigenvalue weighted by molar-refractivity contribution is 8.03. The molecule has 21 heavy (non-hydrogen) atoms. The summed E-state index contributed by atoms with van der Waals surface area (Å²) in [5, 5.41) is 0.540. The predicted molar refractivity (Wildman–Crippen MR) is 83.6 cm³/mol. The first-order valence-corrected chi connectivity index (χ1v) is 7.84. The molecule has 0 aromatic heterocycles. The Balaban J connectivity index is 2.79. The zero-order valence-corrected chi connectivity index (χ0v) is 13.3. The Morgan fingerprint density at radius 2 is 1.86 bits per heavy atom. The van der Waals surface area contributed by atoms with Gasteiger partial charge in [0.05, 0.1) is 11.5 Å². The molecule has 0 bridgehead atoms. The number of hydrogen-bond acceptors (Lipinski definition) is 5. The summed E-state index contributed by atoms with van der Waals surface area (Å²) < 4.78 is 4.60. The Labute approximate surface area is 132 Å². The fourth-order valence-corrected chi connectivity index (χ4v) is 2.17. The van der Waals surface area contributed by atoms with Gasteiger partial charge >= 0.3 is 5.97 Å². The zero-order valence-electron chi connectivity index (χ0n) is 11.7. The van der Waals surface area contributed by atoms with Gasteiger partial charge in [0.1, 0.15) is 0 Å². The van der Waals surface area contributed by atoms with E-state index in [1.165, 1.54) is 17.8 Å². The van der Waals surface area contributed by atoms with Crippen molar-refractivity contribution in [3.63, 3.8) is 0 Å². The molecule has 0 spiro atoms. The van der Waals surface area contributed by atoms with Crippen LogP contribution >= 0.6 is 23.4 Å². The molecular weight excluding hydrogens is 312 g/mol. The number of Topliss-reactive ketones (excluding diaryl/α,β-unsaturated/α-hetero) is 2. The second kappa shape index (κ2) is 8.64. The number of esters is 1. The van der Waals surface area contributed by atoms with Crippen LogP contribution in [0.4, 0.5) is 0 Å². The normalized spacial score (nSPS) is 11.1. The maximum atomic E-state index is 12.2. The van der Waals surface area contributed by atoms with Crippen molar-refractivity contribution in [2.45, 2.75) is 13.3 Å². The molecule has 6 heteroatoms. The quantitative estimate of drug-likeness (QED) is 0.333. The van der Waals surface area contributed by atoms with E-state index >= 15 is 0 Å². The molecule has 1 rings (SSSR count). The maximum absolute atomic E-state index is 12.2. The van der Waals surface area contributed by atoms with E-state index < -0.39 is 11.8 Å². The van der Waals surface area contributed by atoms with Gasteiger partial charge in [0.15, 0.2) is 5.78 Å². The summed E-state index contributed by atoms with van der Waals surface area (Å²) in [5.74, 6) is -1.77. The number of carbonyl (C=O) groups is 3. The summed E-state index contributed by atoms with van der Waals surface area (Å²) in [6, 6.07) is 6.47. The molecular formula is C15H15ClO4S. The molecule has 4 nitrogen and oxygen atoms in total. The number of ether oxygens (including phenoxy) is 1. The van der Waals surface area contributed by atoms with Crippen LogP contribution < -0.4 is 0 Å². The monoisotopic (exact) mass is 326 g/mol. The zero-order chi connectivity index (χ0) is 15.8. The fourth-order valence-electron chi connectivity index (χ4n) is 1.49. The number of halogens is 1. The predicted octanol–water partition coefficient (Wildman–Crippen LogP) is 3.29. The van der Waals surface area contributed by atoms with E-state index in [0.717, 1.165) is 0 Å². The minimum absolute atomic E-state index is 0.146. The van der Waals surface area contributed by atoms with Crippen molar-refractivity contribution >= 4 is 40.9 Å². The van der Waals surface area contributed by atoms with E-state index in [9.17, 15) is 14.4 Å². The van der Waals surface area contributed by atoms with Gasteiger partial charge in [-0.05, 0) is 37.4 Å². The molecule has 0 radical (unpaired) electrons. The molecule has 0 aliphatic heterocycles. The maximum Gasteiger partial charge on any atom is 0.374 e. The third-order valence-electron chi connectivity index (χ3n) is 2.53. The van der Waals surface area contributed by atoms with Gasteiger partial charge in [-0.15, -0.1) is 11.8 Å². The van der Waals surface area contributed by atoms with Crippen LogP contribution in [0.3, 0.4) is 0 Å². The van der Waals surface area contributed by atoms with Gasteiger partial charge in [-0.3, -0.25) is 9.59 Å².